The lowest BCUT2D eigenvalue weighted by atomic mass is 10.1. The fourth-order valence-electron chi connectivity index (χ4n) is 2.40. The molecule has 0 aliphatic rings. The summed E-state index contributed by atoms with van der Waals surface area (Å²) in [5.74, 6) is 0.707. The van der Waals surface area contributed by atoms with Crippen LogP contribution in [0.2, 0.25) is 0 Å². The third-order valence-corrected chi connectivity index (χ3v) is 3.61. The second kappa shape index (κ2) is 5.53. The fourth-order valence-corrected chi connectivity index (χ4v) is 2.40. The Morgan fingerprint density at radius 1 is 1.13 bits per heavy atom. The van der Waals surface area contributed by atoms with Crippen molar-refractivity contribution in [2.45, 2.75) is 13.5 Å². The Hall–Kier alpha value is -3.22. The van der Waals surface area contributed by atoms with Gasteiger partial charge in [0.15, 0.2) is 5.65 Å². The minimum Gasteiger partial charge on any atom is -0.337 e. The summed E-state index contributed by atoms with van der Waals surface area (Å²) in [5.41, 5.74) is 4.04. The largest absolute Gasteiger partial charge is 0.337 e. The van der Waals surface area contributed by atoms with Crippen molar-refractivity contribution in [2.75, 3.05) is 5.32 Å². The van der Waals surface area contributed by atoms with E-state index in [1.54, 1.807) is 12.4 Å². The highest BCUT2D eigenvalue weighted by atomic mass is 15.3. The zero-order chi connectivity index (χ0) is 15.6. The highest BCUT2D eigenvalue weighted by Crippen LogP contribution is 2.20. The van der Waals surface area contributed by atoms with Gasteiger partial charge in [-0.15, -0.1) is 0 Å². The number of aromatic amines is 1. The number of rotatable bonds is 4. The van der Waals surface area contributed by atoms with Gasteiger partial charge in [-0.05, 0) is 12.5 Å². The van der Waals surface area contributed by atoms with E-state index in [0.29, 0.717) is 11.5 Å². The second-order valence-corrected chi connectivity index (χ2v) is 5.39. The van der Waals surface area contributed by atoms with Crippen molar-refractivity contribution >= 4 is 22.5 Å². The molecule has 7 heteroatoms. The molecule has 0 unspecified atom stereocenters. The Morgan fingerprint density at radius 2 is 2.00 bits per heavy atom. The van der Waals surface area contributed by atoms with Crippen molar-refractivity contribution in [3.63, 3.8) is 0 Å². The number of fused-ring (bicyclic) bond motifs is 1. The van der Waals surface area contributed by atoms with Gasteiger partial charge < -0.3 is 5.32 Å². The first-order valence-corrected chi connectivity index (χ1v) is 7.27. The van der Waals surface area contributed by atoms with E-state index in [1.165, 1.54) is 17.5 Å². The summed E-state index contributed by atoms with van der Waals surface area (Å²) < 4.78 is 1.89. The van der Waals surface area contributed by atoms with Crippen LogP contribution < -0.4 is 5.32 Å². The Kier molecular flexibility index (Phi) is 3.23. The third-order valence-electron chi connectivity index (χ3n) is 3.61. The molecule has 0 bridgehead atoms. The molecule has 0 saturated heterocycles. The topological polar surface area (TPSA) is 84.3 Å². The van der Waals surface area contributed by atoms with Crippen LogP contribution in [0.5, 0.6) is 0 Å². The van der Waals surface area contributed by atoms with Gasteiger partial charge in [-0.2, -0.15) is 10.2 Å². The van der Waals surface area contributed by atoms with Crippen LogP contribution in [0.1, 0.15) is 11.1 Å². The Balaban J connectivity index is 1.54. The molecule has 0 spiro atoms. The molecule has 3 heterocycles. The average molecular weight is 305 g/mol. The Labute approximate surface area is 132 Å². The van der Waals surface area contributed by atoms with Crippen LogP contribution >= 0.6 is 0 Å². The predicted molar refractivity (Wildman–Crippen MR) is 87.5 cm³/mol. The van der Waals surface area contributed by atoms with E-state index in [2.05, 4.69) is 61.8 Å². The van der Waals surface area contributed by atoms with Crippen molar-refractivity contribution in [3.8, 4) is 0 Å². The van der Waals surface area contributed by atoms with Crippen molar-refractivity contribution in [1.82, 2.24) is 29.9 Å². The Morgan fingerprint density at radius 3 is 2.87 bits per heavy atom. The summed E-state index contributed by atoms with van der Waals surface area (Å²) in [6.45, 7) is 2.81. The van der Waals surface area contributed by atoms with Crippen LogP contribution in [0, 0.1) is 6.92 Å². The van der Waals surface area contributed by atoms with E-state index in [1.807, 2.05) is 10.9 Å². The molecule has 1 aromatic carbocycles. The SMILES string of the molecule is Cc1ccc(Cn2cc(Nc3ncnc4[nH]ncc34)cn2)cc1. The number of H-pyrrole nitrogens is 1. The summed E-state index contributed by atoms with van der Waals surface area (Å²) >= 11 is 0. The van der Waals surface area contributed by atoms with Gasteiger partial charge in [-0.3, -0.25) is 9.78 Å². The lowest BCUT2D eigenvalue weighted by molar-refractivity contribution is 0.687. The molecular formula is C16H15N7. The molecule has 114 valence electrons. The fraction of sp³-hybridized carbons (Fsp3) is 0.125. The second-order valence-electron chi connectivity index (χ2n) is 5.39. The maximum Gasteiger partial charge on any atom is 0.160 e. The van der Waals surface area contributed by atoms with Gasteiger partial charge in [0.25, 0.3) is 0 Å². The number of benzene rings is 1. The Bertz CT molecular complexity index is 936. The van der Waals surface area contributed by atoms with E-state index in [0.717, 1.165) is 17.6 Å². The molecule has 4 rings (SSSR count). The molecule has 0 amide bonds. The van der Waals surface area contributed by atoms with Crippen LogP contribution in [-0.2, 0) is 6.54 Å². The first kappa shape index (κ1) is 13.4. The highest BCUT2D eigenvalue weighted by Gasteiger charge is 2.07. The first-order chi connectivity index (χ1) is 11.3. The van der Waals surface area contributed by atoms with Crippen molar-refractivity contribution in [1.29, 1.82) is 0 Å². The van der Waals surface area contributed by atoms with Gasteiger partial charge >= 0.3 is 0 Å². The quantitative estimate of drug-likeness (QED) is 0.605. The number of aromatic nitrogens is 6. The summed E-state index contributed by atoms with van der Waals surface area (Å²) in [7, 11) is 0. The number of aryl methyl sites for hydroxylation is 1. The zero-order valence-corrected chi connectivity index (χ0v) is 12.6. The average Bonchev–Trinajstić information content (AvgIpc) is 3.19. The van der Waals surface area contributed by atoms with Gasteiger partial charge in [0.05, 0.1) is 30.0 Å². The van der Waals surface area contributed by atoms with Gasteiger partial charge in [0, 0.05) is 6.20 Å². The van der Waals surface area contributed by atoms with Gasteiger partial charge in [-0.25, -0.2) is 9.97 Å². The number of hydrogen-bond acceptors (Lipinski definition) is 5. The van der Waals surface area contributed by atoms with E-state index in [4.69, 9.17) is 0 Å². The molecular weight excluding hydrogens is 290 g/mol. The van der Waals surface area contributed by atoms with Crippen LogP contribution in [0.4, 0.5) is 11.5 Å². The molecule has 0 aliphatic carbocycles. The van der Waals surface area contributed by atoms with E-state index < -0.39 is 0 Å². The summed E-state index contributed by atoms with van der Waals surface area (Å²) in [4.78, 5) is 8.38. The maximum absolute atomic E-state index is 4.39. The summed E-state index contributed by atoms with van der Waals surface area (Å²) in [6, 6.07) is 8.44. The van der Waals surface area contributed by atoms with E-state index >= 15 is 0 Å². The number of nitrogens with one attached hydrogen (secondary N) is 2. The third kappa shape index (κ3) is 2.76. The van der Waals surface area contributed by atoms with E-state index in [-0.39, 0.29) is 0 Å². The molecule has 0 atom stereocenters. The molecule has 0 fully saturated rings. The molecule has 2 N–H and O–H groups in total. The molecule has 4 aromatic rings. The van der Waals surface area contributed by atoms with Crippen LogP contribution in [0.15, 0.2) is 49.2 Å². The highest BCUT2D eigenvalue weighted by molar-refractivity contribution is 5.87. The molecule has 23 heavy (non-hydrogen) atoms. The zero-order valence-electron chi connectivity index (χ0n) is 12.6. The predicted octanol–water partition coefficient (Wildman–Crippen LogP) is 2.65. The number of hydrogen-bond donors (Lipinski definition) is 2. The van der Waals surface area contributed by atoms with Gasteiger partial charge in [0.1, 0.15) is 12.1 Å². The standard InChI is InChI=1S/C16H15N7/c1-11-2-4-12(5-3-11)8-23-9-13(6-20-23)21-15-14-7-19-22-16(14)18-10-17-15/h2-7,9-10H,8H2,1H3,(H2,17,18,19,21,22). The summed E-state index contributed by atoms with van der Waals surface area (Å²) in [5, 5.41) is 15.3. The minimum atomic E-state index is 0.703. The molecule has 7 nitrogen and oxygen atoms in total. The molecule has 0 saturated carbocycles. The van der Waals surface area contributed by atoms with Crippen molar-refractivity contribution in [2.24, 2.45) is 0 Å². The normalized spacial score (nSPS) is 11.0. The van der Waals surface area contributed by atoms with Gasteiger partial charge in [0.2, 0.25) is 0 Å². The lowest BCUT2D eigenvalue weighted by Crippen LogP contribution is -1.99. The molecule has 0 aliphatic heterocycles. The van der Waals surface area contributed by atoms with Crippen molar-refractivity contribution in [3.05, 3.63) is 60.3 Å². The molecule has 0 radical (unpaired) electrons. The van der Waals surface area contributed by atoms with Gasteiger partial charge in [-0.1, -0.05) is 29.8 Å². The number of anilines is 2. The first-order valence-electron chi connectivity index (χ1n) is 7.27. The van der Waals surface area contributed by atoms with Crippen molar-refractivity contribution < 1.29 is 0 Å². The number of nitrogens with zero attached hydrogens (tertiary/aromatic N) is 5. The molecule has 3 aromatic heterocycles. The maximum atomic E-state index is 4.39. The summed E-state index contributed by atoms with van der Waals surface area (Å²) in [6.07, 6.45) is 6.93. The van der Waals surface area contributed by atoms with Crippen LogP contribution in [0.3, 0.4) is 0 Å². The smallest absolute Gasteiger partial charge is 0.160 e. The van der Waals surface area contributed by atoms with E-state index in [9.17, 15) is 0 Å². The lowest BCUT2D eigenvalue weighted by Gasteiger charge is -2.03. The monoisotopic (exact) mass is 305 g/mol. The van der Waals surface area contributed by atoms with Crippen LogP contribution in [0.25, 0.3) is 11.0 Å². The minimum absolute atomic E-state index is 0.703. The van der Waals surface area contributed by atoms with Crippen LogP contribution in [-0.4, -0.2) is 29.9 Å².